The van der Waals surface area contributed by atoms with E-state index < -0.39 is 36.9 Å². The molecule has 0 aromatic rings. The summed E-state index contributed by atoms with van der Waals surface area (Å²) >= 11 is 0. The van der Waals surface area contributed by atoms with Crippen molar-refractivity contribution in [2.24, 2.45) is 0 Å². The van der Waals surface area contributed by atoms with Crippen LogP contribution in [0.4, 0.5) is 0 Å². The molecule has 6 heteroatoms. The quantitative estimate of drug-likeness (QED) is 0.0339. The Kier molecular flexibility index (Phi) is 35.2. The maximum atomic E-state index is 12.5. The molecule has 0 spiro atoms. The van der Waals surface area contributed by atoms with Gasteiger partial charge >= 0.3 is 0 Å². The van der Waals surface area contributed by atoms with Crippen LogP contribution in [0.15, 0.2) is 48.6 Å². The Bertz CT molecular complexity index is 808. The van der Waals surface area contributed by atoms with Crippen molar-refractivity contribution in [3.63, 3.8) is 0 Å². The first-order chi connectivity index (χ1) is 23.5. The normalized spacial score (nSPS) is 14.9. The molecule has 0 saturated carbocycles. The van der Waals surface area contributed by atoms with Crippen molar-refractivity contribution >= 4 is 5.91 Å². The molecule has 0 rings (SSSR count). The Morgan fingerprint density at radius 3 is 1.54 bits per heavy atom. The van der Waals surface area contributed by atoms with Crippen molar-refractivity contribution in [3.05, 3.63) is 48.6 Å². The van der Waals surface area contributed by atoms with Crippen LogP contribution in [0.1, 0.15) is 181 Å². The molecule has 0 aromatic carbocycles. The van der Waals surface area contributed by atoms with Gasteiger partial charge in [-0.25, -0.2) is 0 Å². The van der Waals surface area contributed by atoms with Gasteiger partial charge in [-0.05, 0) is 77.0 Å². The highest BCUT2D eigenvalue weighted by Crippen LogP contribution is 2.15. The van der Waals surface area contributed by atoms with Gasteiger partial charge in [0.05, 0.1) is 18.8 Å². The van der Waals surface area contributed by atoms with E-state index in [4.69, 9.17) is 0 Å². The molecule has 1 amide bonds. The molecule has 280 valence electrons. The van der Waals surface area contributed by atoms with E-state index in [-0.39, 0.29) is 0 Å². The lowest BCUT2D eigenvalue weighted by Gasteiger charge is -2.27. The minimum absolute atomic E-state index is 0.357. The molecular weight excluding hydrogens is 598 g/mol. The highest BCUT2D eigenvalue weighted by molar-refractivity contribution is 5.80. The van der Waals surface area contributed by atoms with Crippen LogP contribution in [0.25, 0.3) is 0 Å². The third kappa shape index (κ3) is 30.3. The Labute approximate surface area is 296 Å². The van der Waals surface area contributed by atoms with Gasteiger partial charge in [0.25, 0.3) is 0 Å². The van der Waals surface area contributed by atoms with Crippen LogP contribution in [-0.4, -0.2) is 57.3 Å². The van der Waals surface area contributed by atoms with Gasteiger partial charge in [0.2, 0.25) is 5.91 Å². The van der Waals surface area contributed by atoms with Gasteiger partial charge in [-0.15, -0.1) is 0 Å². The number of allylic oxidation sites excluding steroid dienone is 8. The fourth-order valence-electron chi connectivity index (χ4n) is 5.81. The summed E-state index contributed by atoms with van der Waals surface area (Å²) in [5.41, 5.74) is 0. The number of rotatable bonds is 35. The van der Waals surface area contributed by atoms with E-state index in [1.165, 1.54) is 89.9 Å². The Hall–Kier alpha value is -1.73. The monoisotopic (exact) mass is 676 g/mol. The number of hydrogen-bond acceptors (Lipinski definition) is 5. The molecule has 0 aliphatic rings. The molecule has 0 radical (unpaired) electrons. The smallest absolute Gasteiger partial charge is 0.249 e. The number of amides is 1. The standard InChI is InChI=1S/C42H77NO5/c1-3-5-7-9-11-13-15-17-18-19-20-21-22-23-24-26-28-30-32-34-36-40(46)42(48)43-38(37-44)41(47)39(45)35-33-31-29-27-25-16-14-12-10-8-6-4-2/h5,7,11-14,27,29,38-41,44-47H,3-4,6,8-10,15-26,28,30-37H2,1-2H3,(H,43,48)/b7-5-,13-11-,14-12+,29-27+. The molecule has 5 N–H and O–H groups in total. The van der Waals surface area contributed by atoms with E-state index >= 15 is 0 Å². The molecule has 0 bridgehead atoms. The van der Waals surface area contributed by atoms with Gasteiger partial charge in [0.15, 0.2) is 0 Å². The maximum Gasteiger partial charge on any atom is 0.249 e. The first-order valence-corrected chi connectivity index (χ1v) is 20.0. The highest BCUT2D eigenvalue weighted by Gasteiger charge is 2.28. The van der Waals surface area contributed by atoms with Crippen molar-refractivity contribution in [2.45, 2.75) is 205 Å². The van der Waals surface area contributed by atoms with E-state index in [0.717, 1.165) is 57.8 Å². The van der Waals surface area contributed by atoms with Crippen molar-refractivity contribution in [1.29, 1.82) is 0 Å². The van der Waals surface area contributed by atoms with Crippen LogP contribution < -0.4 is 5.32 Å². The summed E-state index contributed by atoms with van der Waals surface area (Å²) in [5, 5.41) is 43.5. The Balaban J connectivity index is 3.79. The fraction of sp³-hybridized carbons (Fsp3) is 0.786. The van der Waals surface area contributed by atoms with Gasteiger partial charge < -0.3 is 25.7 Å². The summed E-state index contributed by atoms with van der Waals surface area (Å²) in [6.45, 7) is 3.88. The van der Waals surface area contributed by atoms with Crippen molar-refractivity contribution in [1.82, 2.24) is 5.32 Å². The molecule has 0 aliphatic carbocycles. The van der Waals surface area contributed by atoms with Crippen LogP contribution >= 0.6 is 0 Å². The summed E-state index contributed by atoms with van der Waals surface area (Å²) in [7, 11) is 0. The zero-order valence-electron chi connectivity index (χ0n) is 31.2. The minimum Gasteiger partial charge on any atom is -0.394 e. The van der Waals surface area contributed by atoms with E-state index in [2.05, 4.69) is 67.8 Å². The molecule has 0 fully saturated rings. The molecule has 0 aromatic heterocycles. The summed E-state index contributed by atoms with van der Waals surface area (Å²) < 4.78 is 0. The fourth-order valence-corrected chi connectivity index (χ4v) is 5.81. The first kappa shape index (κ1) is 46.3. The number of nitrogens with one attached hydrogen (secondary N) is 1. The third-order valence-corrected chi connectivity index (χ3v) is 9.00. The van der Waals surface area contributed by atoms with Gasteiger partial charge in [-0.2, -0.15) is 0 Å². The molecule has 0 saturated heterocycles. The Morgan fingerprint density at radius 2 is 1.00 bits per heavy atom. The van der Waals surface area contributed by atoms with Crippen LogP contribution in [0, 0.1) is 0 Å². The average Bonchev–Trinajstić information content (AvgIpc) is 3.09. The largest absolute Gasteiger partial charge is 0.394 e. The van der Waals surface area contributed by atoms with Gasteiger partial charge in [-0.1, -0.05) is 152 Å². The lowest BCUT2D eigenvalue weighted by Crippen LogP contribution is -2.53. The van der Waals surface area contributed by atoms with Gasteiger partial charge in [0.1, 0.15) is 12.2 Å². The zero-order valence-corrected chi connectivity index (χ0v) is 31.2. The van der Waals surface area contributed by atoms with Crippen LogP contribution in [0.5, 0.6) is 0 Å². The predicted octanol–water partition coefficient (Wildman–Crippen LogP) is 9.95. The predicted molar refractivity (Wildman–Crippen MR) is 205 cm³/mol. The van der Waals surface area contributed by atoms with Gasteiger partial charge in [-0.3, -0.25) is 4.79 Å². The number of unbranched alkanes of at least 4 members (excludes halogenated alkanes) is 18. The molecule has 4 atom stereocenters. The summed E-state index contributed by atoms with van der Waals surface area (Å²) in [5.74, 6) is -0.602. The molecular formula is C42H77NO5. The first-order valence-electron chi connectivity index (χ1n) is 20.0. The maximum absolute atomic E-state index is 12.5. The van der Waals surface area contributed by atoms with E-state index in [9.17, 15) is 25.2 Å². The summed E-state index contributed by atoms with van der Waals surface area (Å²) in [6, 6.07) is -1.01. The minimum atomic E-state index is -1.29. The van der Waals surface area contributed by atoms with Gasteiger partial charge in [0, 0.05) is 0 Å². The van der Waals surface area contributed by atoms with Crippen molar-refractivity contribution in [2.75, 3.05) is 6.61 Å². The lowest BCUT2D eigenvalue weighted by atomic mass is 10.00. The van der Waals surface area contributed by atoms with E-state index in [1.807, 2.05) is 0 Å². The number of carbonyl (C=O) groups is 1. The zero-order chi connectivity index (χ0) is 35.3. The number of aliphatic hydroxyl groups is 4. The van der Waals surface area contributed by atoms with Crippen LogP contribution in [-0.2, 0) is 4.79 Å². The summed E-state index contributed by atoms with van der Waals surface area (Å²) in [4.78, 5) is 12.5. The highest BCUT2D eigenvalue weighted by atomic mass is 16.3. The SMILES string of the molecule is CC/C=C\C/C=C\CCCCCCCCCCCCCCCC(O)C(=O)NC(CO)C(O)C(O)CCC/C=C/CC/C=C/CCCCC. The molecule has 48 heavy (non-hydrogen) atoms. The van der Waals surface area contributed by atoms with Crippen LogP contribution in [0.2, 0.25) is 0 Å². The molecule has 6 nitrogen and oxygen atoms in total. The second-order valence-corrected chi connectivity index (χ2v) is 13.6. The third-order valence-electron chi connectivity index (χ3n) is 9.00. The topological polar surface area (TPSA) is 110 Å². The summed E-state index contributed by atoms with van der Waals surface area (Å²) in [6.07, 6.45) is 42.8. The Morgan fingerprint density at radius 1 is 0.542 bits per heavy atom. The van der Waals surface area contributed by atoms with E-state index in [0.29, 0.717) is 19.3 Å². The molecule has 0 heterocycles. The average molecular weight is 676 g/mol. The van der Waals surface area contributed by atoms with E-state index in [1.54, 1.807) is 0 Å². The number of hydrogen-bond donors (Lipinski definition) is 5. The van der Waals surface area contributed by atoms with Crippen molar-refractivity contribution in [3.8, 4) is 0 Å². The molecule has 0 aliphatic heterocycles. The molecule has 4 unspecified atom stereocenters. The van der Waals surface area contributed by atoms with Crippen LogP contribution in [0.3, 0.4) is 0 Å². The second-order valence-electron chi connectivity index (χ2n) is 13.6. The number of carbonyl (C=O) groups excluding carboxylic acids is 1. The second kappa shape index (κ2) is 36.5. The lowest BCUT2D eigenvalue weighted by molar-refractivity contribution is -0.132. The number of aliphatic hydroxyl groups excluding tert-OH is 4. The van der Waals surface area contributed by atoms with Crippen molar-refractivity contribution < 1.29 is 25.2 Å².